The predicted octanol–water partition coefficient (Wildman–Crippen LogP) is 2.01. The Balaban J connectivity index is 2.11. The maximum absolute atomic E-state index is 10.7. The van der Waals surface area contributed by atoms with Crippen LogP contribution in [0, 0.1) is 10.1 Å². The number of nitrogens with one attached hydrogen (secondary N) is 1. The first-order valence-electron chi connectivity index (χ1n) is 5.56. The smallest absolute Gasteiger partial charge is 0.311 e. The van der Waals surface area contributed by atoms with Crippen LogP contribution in [0.1, 0.15) is 5.69 Å². The zero-order valence-corrected chi connectivity index (χ0v) is 10.2. The van der Waals surface area contributed by atoms with Gasteiger partial charge in [0.05, 0.1) is 10.6 Å². The molecule has 19 heavy (non-hydrogen) atoms. The second kappa shape index (κ2) is 5.76. The molecule has 0 unspecified atom stereocenters. The van der Waals surface area contributed by atoms with Crippen molar-refractivity contribution >= 4 is 11.5 Å². The fraction of sp³-hybridized carbons (Fsp3) is 0.167. The number of hydrogen-bond acceptors (Lipinski definition) is 6. The van der Waals surface area contributed by atoms with Gasteiger partial charge in [0.1, 0.15) is 6.61 Å². The van der Waals surface area contributed by atoms with Crippen LogP contribution >= 0.6 is 0 Å². The lowest BCUT2D eigenvalue weighted by molar-refractivity contribution is -0.384. The molecule has 0 amide bonds. The monoisotopic (exact) mass is 260 g/mol. The minimum atomic E-state index is -0.499. The molecule has 2 heterocycles. The highest BCUT2D eigenvalue weighted by molar-refractivity contribution is 5.56. The summed E-state index contributed by atoms with van der Waals surface area (Å²) in [6, 6.07) is 8.31. The van der Waals surface area contributed by atoms with Gasteiger partial charge >= 0.3 is 5.69 Å². The van der Waals surface area contributed by atoms with E-state index in [-0.39, 0.29) is 18.1 Å². The summed E-state index contributed by atoms with van der Waals surface area (Å²) in [5.41, 5.74) is 0.668. The van der Waals surface area contributed by atoms with E-state index in [2.05, 4.69) is 15.3 Å². The van der Waals surface area contributed by atoms with E-state index in [1.165, 1.54) is 12.1 Å². The Morgan fingerprint density at radius 2 is 2.21 bits per heavy atom. The second-order valence-electron chi connectivity index (χ2n) is 3.63. The number of rotatable bonds is 5. The molecule has 2 aromatic heterocycles. The Morgan fingerprint density at radius 1 is 1.37 bits per heavy atom. The van der Waals surface area contributed by atoms with Crippen LogP contribution < -0.4 is 10.1 Å². The van der Waals surface area contributed by atoms with Crippen molar-refractivity contribution in [2.45, 2.75) is 6.61 Å². The van der Waals surface area contributed by atoms with Gasteiger partial charge in [-0.05, 0) is 12.1 Å². The average molecular weight is 260 g/mol. The molecular weight excluding hydrogens is 248 g/mol. The van der Waals surface area contributed by atoms with Crippen LogP contribution in [0.2, 0.25) is 0 Å². The highest BCUT2D eigenvalue weighted by Crippen LogP contribution is 2.24. The minimum absolute atomic E-state index is 0.0901. The summed E-state index contributed by atoms with van der Waals surface area (Å²) in [5.74, 6) is 0.476. The highest BCUT2D eigenvalue weighted by atomic mass is 16.6. The summed E-state index contributed by atoms with van der Waals surface area (Å²) >= 11 is 0. The maximum Gasteiger partial charge on any atom is 0.311 e. The van der Waals surface area contributed by atoms with E-state index in [1.807, 2.05) is 18.2 Å². The molecule has 7 heteroatoms. The topological polar surface area (TPSA) is 90.2 Å². The van der Waals surface area contributed by atoms with E-state index in [0.29, 0.717) is 5.88 Å². The third-order valence-corrected chi connectivity index (χ3v) is 2.38. The van der Waals surface area contributed by atoms with Gasteiger partial charge in [0, 0.05) is 25.4 Å². The Morgan fingerprint density at radius 3 is 2.84 bits per heavy atom. The summed E-state index contributed by atoms with van der Waals surface area (Å²) < 4.78 is 5.43. The van der Waals surface area contributed by atoms with Crippen LogP contribution in [0.25, 0.3) is 0 Å². The predicted molar refractivity (Wildman–Crippen MR) is 69.0 cm³/mol. The molecule has 0 aromatic carbocycles. The third-order valence-electron chi connectivity index (χ3n) is 2.38. The second-order valence-corrected chi connectivity index (χ2v) is 3.63. The van der Waals surface area contributed by atoms with Gasteiger partial charge in [-0.3, -0.25) is 15.1 Å². The van der Waals surface area contributed by atoms with Gasteiger partial charge in [-0.2, -0.15) is 4.98 Å². The van der Waals surface area contributed by atoms with Crippen molar-refractivity contribution < 1.29 is 9.66 Å². The molecule has 0 aliphatic carbocycles. The summed E-state index contributed by atoms with van der Waals surface area (Å²) in [6.45, 7) is 0.259. The lowest BCUT2D eigenvalue weighted by Gasteiger charge is -2.06. The zero-order chi connectivity index (χ0) is 13.7. The van der Waals surface area contributed by atoms with Gasteiger partial charge in [0.25, 0.3) is 0 Å². The van der Waals surface area contributed by atoms with Crippen LogP contribution in [0.4, 0.5) is 11.5 Å². The molecule has 7 nitrogen and oxygen atoms in total. The van der Waals surface area contributed by atoms with Crippen molar-refractivity contribution in [2.75, 3.05) is 12.4 Å². The quantitative estimate of drug-likeness (QED) is 0.653. The van der Waals surface area contributed by atoms with Crippen molar-refractivity contribution in [3.05, 3.63) is 52.3 Å². The standard InChI is InChI=1S/C12H12N4O3/c1-13-12-10(16(17)18)5-6-11(15-12)19-8-9-4-2-3-7-14-9/h2-7H,8H2,1H3,(H,13,15). The van der Waals surface area contributed by atoms with E-state index < -0.39 is 4.92 Å². The molecule has 0 saturated carbocycles. The molecule has 0 atom stereocenters. The van der Waals surface area contributed by atoms with Gasteiger partial charge in [-0.25, -0.2) is 0 Å². The molecule has 0 radical (unpaired) electrons. The van der Waals surface area contributed by atoms with Crippen molar-refractivity contribution in [1.82, 2.24) is 9.97 Å². The summed E-state index contributed by atoms with van der Waals surface area (Å²) in [5, 5.41) is 13.4. The van der Waals surface area contributed by atoms with Gasteiger partial charge in [-0.1, -0.05) is 6.07 Å². The fourth-order valence-electron chi connectivity index (χ4n) is 1.48. The Hall–Kier alpha value is -2.70. The van der Waals surface area contributed by atoms with E-state index in [9.17, 15) is 10.1 Å². The number of hydrogen-bond donors (Lipinski definition) is 1. The Kier molecular flexibility index (Phi) is 3.87. The van der Waals surface area contributed by atoms with Crippen LogP contribution in [0.3, 0.4) is 0 Å². The van der Waals surface area contributed by atoms with Crippen LogP contribution in [0.5, 0.6) is 5.88 Å². The normalized spacial score (nSPS) is 9.95. The minimum Gasteiger partial charge on any atom is -0.471 e. The summed E-state index contributed by atoms with van der Waals surface area (Å²) in [6.07, 6.45) is 1.67. The van der Waals surface area contributed by atoms with Gasteiger partial charge in [0.15, 0.2) is 0 Å². The molecule has 1 N–H and O–H groups in total. The fourth-order valence-corrected chi connectivity index (χ4v) is 1.48. The third kappa shape index (κ3) is 3.15. The molecule has 0 saturated heterocycles. The molecule has 0 spiro atoms. The van der Waals surface area contributed by atoms with Gasteiger partial charge in [0.2, 0.25) is 11.7 Å². The number of anilines is 1. The van der Waals surface area contributed by atoms with Gasteiger partial charge < -0.3 is 10.1 Å². The zero-order valence-electron chi connectivity index (χ0n) is 10.2. The molecule has 98 valence electrons. The van der Waals surface area contributed by atoms with Crippen molar-refractivity contribution in [2.24, 2.45) is 0 Å². The molecule has 2 aromatic rings. The number of ether oxygens (including phenoxy) is 1. The average Bonchev–Trinajstić information content (AvgIpc) is 2.45. The van der Waals surface area contributed by atoms with Crippen molar-refractivity contribution in [1.29, 1.82) is 0 Å². The lowest BCUT2D eigenvalue weighted by Crippen LogP contribution is -2.03. The number of aromatic nitrogens is 2. The van der Waals surface area contributed by atoms with Crippen molar-refractivity contribution in [3.8, 4) is 5.88 Å². The maximum atomic E-state index is 10.7. The first-order chi connectivity index (χ1) is 9.20. The first kappa shape index (κ1) is 12.7. The Bertz CT molecular complexity index is 574. The molecule has 2 rings (SSSR count). The number of nitro groups is 1. The lowest BCUT2D eigenvalue weighted by atomic mass is 10.3. The molecule has 0 bridgehead atoms. The van der Waals surface area contributed by atoms with Crippen LogP contribution in [-0.4, -0.2) is 21.9 Å². The van der Waals surface area contributed by atoms with Crippen molar-refractivity contribution in [3.63, 3.8) is 0 Å². The number of nitrogens with zero attached hydrogens (tertiary/aromatic N) is 3. The molecule has 0 aliphatic rings. The van der Waals surface area contributed by atoms with E-state index in [4.69, 9.17) is 4.74 Å². The van der Waals surface area contributed by atoms with E-state index >= 15 is 0 Å². The van der Waals surface area contributed by atoms with Gasteiger partial charge in [-0.15, -0.1) is 0 Å². The number of pyridine rings is 2. The van der Waals surface area contributed by atoms with E-state index in [1.54, 1.807) is 13.2 Å². The Labute approximate surface area is 109 Å². The summed E-state index contributed by atoms with van der Waals surface area (Å²) in [7, 11) is 1.57. The molecule has 0 fully saturated rings. The van der Waals surface area contributed by atoms with Crippen LogP contribution in [0.15, 0.2) is 36.5 Å². The van der Waals surface area contributed by atoms with E-state index in [0.717, 1.165) is 5.69 Å². The largest absolute Gasteiger partial charge is 0.471 e. The van der Waals surface area contributed by atoms with Crippen LogP contribution in [-0.2, 0) is 6.61 Å². The highest BCUT2D eigenvalue weighted by Gasteiger charge is 2.15. The molecule has 0 aliphatic heterocycles. The summed E-state index contributed by atoms with van der Waals surface area (Å²) in [4.78, 5) is 18.4. The first-order valence-corrected chi connectivity index (χ1v) is 5.56. The SMILES string of the molecule is CNc1nc(OCc2ccccn2)ccc1[N+](=O)[O-]. The molecular formula is C12H12N4O3.